The maximum Gasteiger partial charge on any atom is 0.293 e. The van der Waals surface area contributed by atoms with E-state index in [-0.39, 0.29) is 16.6 Å². The van der Waals surface area contributed by atoms with Crippen LogP contribution in [0.5, 0.6) is 0 Å². The Bertz CT molecular complexity index is 821. The third-order valence-electron chi connectivity index (χ3n) is 6.31. The summed E-state index contributed by atoms with van der Waals surface area (Å²) in [5, 5.41) is 15.0. The maximum absolute atomic E-state index is 12.9. The summed E-state index contributed by atoms with van der Waals surface area (Å²) in [7, 11) is -1.79. The van der Waals surface area contributed by atoms with E-state index in [1.165, 1.54) is 22.9 Å². The minimum absolute atomic E-state index is 0.0145. The molecular formula is C19H30N4O4S. The van der Waals surface area contributed by atoms with Crippen molar-refractivity contribution in [2.45, 2.75) is 44.0 Å². The molecule has 2 aliphatic rings. The van der Waals surface area contributed by atoms with Crippen LogP contribution >= 0.6 is 0 Å². The van der Waals surface area contributed by atoms with Crippen molar-refractivity contribution in [3.8, 4) is 0 Å². The number of sulfonamides is 1. The van der Waals surface area contributed by atoms with Crippen LogP contribution in [0.25, 0.3) is 0 Å². The van der Waals surface area contributed by atoms with Crippen LogP contribution in [0.1, 0.15) is 33.1 Å². The van der Waals surface area contributed by atoms with Gasteiger partial charge < -0.3 is 10.2 Å². The van der Waals surface area contributed by atoms with Crippen LogP contribution in [0.3, 0.4) is 0 Å². The number of benzene rings is 1. The first-order valence-electron chi connectivity index (χ1n) is 9.94. The number of piperazine rings is 1. The molecule has 1 aliphatic carbocycles. The third kappa shape index (κ3) is 4.31. The van der Waals surface area contributed by atoms with Crippen molar-refractivity contribution in [3.63, 3.8) is 0 Å². The largest absolute Gasteiger partial charge is 0.376 e. The van der Waals surface area contributed by atoms with Crippen LogP contribution < -0.4 is 5.32 Å². The van der Waals surface area contributed by atoms with E-state index in [2.05, 4.69) is 24.1 Å². The average Bonchev–Trinajstić information content (AvgIpc) is 2.66. The molecule has 1 aliphatic heterocycles. The number of nitrogens with zero attached hydrogens (tertiary/aromatic N) is 3. The van der Waals surface area contributed by atoms with Crippen LogP contribution in [0, 0.1) is 22.0 Å². The third-order valence-corrected chi connectivity index (χ3v) is 8.21. The monoisotopic (exact) mass is 410 g/mol. The van der Waals surface area contributed by atoms with Gasteiger partial charge >= 0.3 is 0 Å². The van der Waals surface area contributed by atoms with Crippen molar-refractivity contribution >= 4 is 21.4 Å². The lowest BCUT2D eigenvalue weighted by Crippen LogP contribution is -2.47. The van der Waals surface area contributed by atoms with E-state index in [1.807, 2.05) is 7.05 Å². The van der Waals surface area contributed by atoms with E-state index in [9.17, 15) is 18.5 Å². The Hall–Kier alpha value is -1.71. The number of rotatable bonds is 5. The molecule has 0 bridgehead atoms. The molecule has 1 heterocycles. The van der Waals surface area contributed by atoms with Gasteiger partial charge in [-0.15, -0.1) is 0 Å². The summed E-state index contributed by atoms with van der Waals surface area (Å²) in [5.41, 5.74) is 0.217. The van der Waals surface area contributed by atoms with Gasteiger partial charge in [0.2, 0.25) is 10.0 Å². The van der Waals surface area contributed by atoms with Gasteiger partial charge in [-0.1, -0.05) is 26.7 Å². The van der Waals surface area contributed by atoms with E-state index in [4.69, 9.17) is 0 Å². The van der Waals surface area contributed by atoms with Gasteiger partial charge in [0, 0.05) is 38.3 Å². The predicted octanol–water partition coefficient (Wildman–Crippen LogP) is 2.77. The fourth-order valence-electron chi connectivity index (χ4n) is 4.11. The average molecular weight is 411 g/mol. The molecule has 3 atom stereocenters. The van der Waals surface area contributed by atoms with Gasteiger partial charge in [0.05, 0.1) is 9.82 Å². The lowest BCUT2D eigenvalue weighted by atomic mass is 9.78. The molecule has 0 radical (unpaired) electrons. The van der Waals surface area contributed by atoms with E-state index in [0.717, 1.165) is 12.8 Å². The topological polar surface area (TPSA) is 95.8 Å². The number of nitrogens with one attached hydrogen (secondary N) is 1. The van der Waals surface area contributed by atoms with Crippen molar-refractivity contribution in [2.24, 2.45) is 11.8 Å². The highest BCUT2D eigenvalue weighted by molar-refractivity contribution is 7.89. The molecule has 0 spiro atoms. The number of anilines is 1. The normalized spacial score (nSPS) is 27.5. The molecular weight excluding hydrogens is 380 g/mol. The molecule has 9 heteroatoms. The summed E-state index contributed by atoms with van der Waals surface area (Å²) in [5.74, 6) is 0.962. The molecule has 1 aromatic rings. The molecule has 3 rings (SSSR count). The lowest BCUT2D eigenvalue weighted by Gasteiger charge is -2.35. The van der Waals surface area contributed by atoms with Gasteiger partial charge in [-0.3, -0.25) is 10.1 Å². The van der Waals surface area contributed by atoms with Gasteiger partial charge in [0.1, 0.15) is 5.69 Å². The SMILES string of the molecule is C[C@@H]1[C@H](C)CCC[C@@H]1Nc1ccc(S(=O)(=O)N2CCN(C)CC2)cc1[N+](=O)[O-]. The second kappa shape index (κ2) is 8.34. The zero-order valence-corrected chi connectivity index (χ0v) is 17.6. The highest BCUT2D eigenvalue weighted by atomic mass is 32.2. The molecule has 28 heavy (non-hydrogen) atoms. The van der Waals surface area contributed by atoms with Gasteiger partial charge in [-0.05, 0) is 37.4 Å². The summed E-state index contributed by atoms with van der Waals surface area (Å²) in [6, 6.07) is 4.39. The summed E-state index contributed by atoms with van der Waals surface area (Å²) in [6.07, 6.45) is 3.22. The van der Waals surface area contributed by atoms with Crippen molar-refractivity contribution in [3.05, 3.63) is 28.3 Å². The first-order chi connectivity index (χ1) is 13.2. The fourth-order valence-corrected chi connectivity index (χ4v) is 5.55. The summed E-state index contributed by atoms with van der Waals surface area (Å²) >= 11 is 0. The molecule has 1 saturated carbocycles. The van der Waals surface area contributed by atoms with Crippen LogP contribution in [0.15, 0.2) is 23.1 Å². The molecule has 1 N–H and O–H groups in total. The number of hydrogen-bond donors (Lipinski definition) is 1. The summed E-state index contributed by atoms with van der Waals surface area (Å²) in [4.78, 5) is 13.2. The second-order valence-electron chi connectivity index (χ2n) is 8.16. The van der Waals surface area contributed by atoms with E-state index >= 15 is 0 Å². The summed E-state index contributed by atoms with van der Waals surface area (Å²) < 4.78 is 27.3. The highest BCUT2D eigenvalue weighted by Crippen LogP contribution is 2.35. The summed E-state index contributed by atoms with van der Waals surface area (Å²) in [6.45, 7) is 6.46. The Kier molecular flexibility index (Phi) is 6.26. The smallest absolute Gasteiger partial charge is 0.293 e. The van der Waals surface area contributed by atoms with Crippen LogP contribution in [-0.4, -0.2) is 61.8 Å². The Morgan fingerprint density at radius 3 is 2.46 bits per heavy atom. The number of nitro groups is 1. The molecule has 156 valence electrons. The van der Waals surface area contributed by atoms with Crippen LogP contribution in [0.4, 0.5) is 11.4 Å². The maximum atomic E-state index is 12.9. The van der Waals surface area contributed by atoms with Gasteiger partial charge in [0.15, 0.2) is 0 Å². The van der Waals surface area contributed by atoms with Gasteiger partial charge in [-0.2, -0.15) is 4.31 Å². The van der Waals surface area contributed by atoms with E-state index in [1.54, 1.807) is 6.07 Å². The minimum Gasteiger partial charge on any atom is -0.376 e. The number of likely N-dealkylation sites (N-methyl/N-ethyl adjacent to an activating group) is 1. The Balaban J connectivity index is 1.86. The Morgan fingerprint density at radius 2 is 1.82 bits per heavy atom. The first kappa shape index (κ1) is 21.0. The zero-order valence-electron chi connectivity index (χ0n) is 16.8. The van der Waals surface area contributed by atoms with Crippen LogP contribution in [-0.2, 0) is 10.0 Å². The van der Waals surface area contributed by atoms with Crippen molar-refractivity contribution in [1.29, 1.82) is 0 Å². The Morgan fingerprint density at radius 1 is 1.14 bits per heavy atom. The van der Waals surface area contributed by atoms with Crippen molar-refractivity contribution < 1.29 is 13.3 Å². The molecule has 0 aromatic heterocycles. The lowest BCUT2D eigenvalue weighted by molar-refractivity contribution is -0.384. The minimum atomic E-state index is -3.74. The predicted molar refractivity (Wildman–Crippen MR) is 109 cm³/mol. The standard InChI is InChI=1S/C19H30N4O4S/c1-14-5-4-6-17(15(14)2)20-18-8-7-16(13-19(18)23(24)25)28(26,27)22-11-9-21(3)10-12-22/h7-8,13-15,17,20H,4-6,9-12H2,1-3H3/t14-,15-,17+/m1/s1. The van der Waals surface area contributed by atoms with Crippen LogP contribution in [0.2, 0.25) is 0 Å². The van der Waals surface area contributed by atoms with Crippen molar-refractivity contribution in [1.82, 2.24) is 9.21 Å². The molecule has 1 aromatic carbocycles. The quantitative estimate of drug-likeness (QED) is 0.592. The molecule has 0 unspecified atom stereocenters. The van der Waals surface area contributed by atoms with Crippen molar-refractivity contribution in [2.75, 3.05) is 38.5 Å². The van der Waals surface area contributed by atoms with Gasteiger partial charge in [-0.25, -0.2) is 8.42 Å². The molecule has 2 fully saturated rings. The first-order valence-corrected chi connectivity index (χ1v) is 11.4. The fraction of sp³-hybridized carbons (Fsp3) is 0.684. The second-order valence-corrected chi connectivity index (χ2v) is 10.1. The van der Waals surface area contributed by atoms with E-state index < -0.39 is 14.9 Å². The number of hydrogen-bond acceptors (Lipinski definition) is 6. The zero-order chi connectivity index (χ0) is 20.5. The highest BCUT2D eigenvalue weighted by Gasteiger charge is 2.32. The van der Waals surface area contributed by atoms with Gasteiger partial charge in [0.25, 0.3) is 5.69 Å². The Labute approximate surface area is 167 Å². The number of nitro benzene ring substituents is 1. The van der Waals surface area contributed by atoms with E-state index in [0.29, 0.717) is 43.7 Å². The molecule has 1 saturated heterocycles. The molecule has 0 amide bonds. The molecule has 8 nitrogen and oxygen atoms in total.